The lowest BCUT2D eigenvalue weighted by Gasteiger charge is -2.13. The highest BCUT2D eigenvalue weighted by molar-refractivity contribution is 5.70. The van der Waals surface area contributed by atoms with Crippen LogP contribution in [0, 0.1) is 0 Å². The van der Waals surface area contributed by atoms with E-state index in [-0.39, 0.29) is 6.61 Å². The summed E-state index contributed by atoms with van der Waals surface area (Å²) in [4.78, 5) is 0. The number of aromatic nitrogens is 2. The Morgan fingerprint density at radius 3 is 2.74 bits per heavy atom. The average molecular weight is 260 g/mol. The summed E-state index contributed by atoms with van der Waals surface area (Å²) >= 11 is 0. The lowest BCUT2D eigenvalue weighted by molar-refractivity contribution is 0.202. The van der Waals surface area contributed by atoms with E-state index in [2.05, 4.69) is 31.1 Å². The molecule has 0 aliphatic rings. The quantitative estimate of drug-likeness (QED) is 0.898. The zero-order chi connectivity index (χ0) is 13.8. The Bertz CT molecular complexity index is 547. The molecule has 2 aromatic rings. The van der Waals surface area contributed by atoms with Gasteiger partial charge in [-0.3, -0.25) is 4.68 Å². The van der Waals surface area contributed by atoms with E-state index in [1.54, 1.807) is 4.68 Å². The molecule has 0 bridgehead atoms. The highest BCUT2D eigenvalue weighted by Gasteiger charge is 2.11. The first-order chi connectivity index (χ1) is 9.11. The second-order valence-corrected chi connectivity index (χ2v) is 4.89. The van der Waals surface area contributed by atoms with Gasteiger partial charge >= 0.3 is 0 Å². The van der Waals surface area contributed by atoms with Gasteiger partial charge in [-0.2, -0.15) is 5.10 Å². The van der Waals surface area contributed by atoms with Crippen LogP contribution >= 0.6 is 0 Å². The molecule has 102 valence electrons. The Labute approximate surface area is 113 Å². The summed E-state index contributed by atoms with van der Waals surface area (Å²) < 4.78 is 7.37. The minimum atomic E-state index is 0.0123. The molecule has 0 saturated heterocycles. The molecule has 1 aromatic carbocycles. The third-order valence-electron chi connectivity index (χ3n) is 3.04. The SMILES string of the molecule is CC(C)c1ccc(OCCO)c(-c2cnn(C)c2)c1. The van der Waals surface area contributed by atoms with Gasteiger partial charge in [-0.25, -0.2) is 0 Å². The molecule has 0 amide bonds. The normalized spacial score (nSPS) is 11.0. The van der Waals surface area contributed by atoms with Gasteiger partial charge in [0, 0.05) is 24.4 Å². The number of aliphatic hydroxyl groups excluding tert-OH is 1. The monoisotopic (exact) mass is 260 g/mol. The molecule has 0 fully saturated rings. The van der Waals surface area contributed by atoms with Crippen molar-refractivity contribution in [1.82, 2.24) is 9.78 Å². The van der Waals surface area contributed by atoms with Crippen molar-refractivity contribution in [3.8, 4) is 16.9 Å². The number of aryl methyl sites for hydroxylation is 1. The molecular formula is C15H20N2O2. The van der Waals surface area contributed by atoms with E-state index < -0.39 is 0 Å². The van der Waals surface area contributed by atoms with Crippen LogP contribution in [0.4, 0.5) is 0 Å². The number of hydrogen-bond donors (Lipinski definition) is 1. The molecule has 1 N–H and O–H groups in total. The van der Waals surface area contributed by atoms with Crippen LogP contribution in [0.3, 0.4) is 0 Å². The molecule has 1 heterocycles. The summed E-state index contributed by atoms with van der Waals surface area (Å²) in [5.41, 5.74) is 3.31. The summed E-state index contributed by atoms with van der Waals surface area (Å²) in [5.74, 6) is 1.24. The minimum Gasteiger partial charge on any atom is -0.491 e. The Kier molecular flexibility index (Phi) is 4.22. The van der Waals surface area contributed by atoms with E-state index in [0.29, 0.717) is 12.5 Å². The number of hydrogen-bond acceptors (Lipinski definition) is 3. The van der Waals surface area contributed by atoms with Gasteiger partial charge in [0.05, 0.1) is 12.8 Å². The largest absolute Gasteiger partial charge is 0.491 e. The topological polar surface area (TPSA) is 47.3 Å². The van der Waals surface area contributed by atoms with Crippen molar-refractivity contribution in [2.75, 3.05) is 13.2 Å². The molecule has 2 rings (SSSR count). The van der Waals surface area contributed by atoms with Crippen molar-refractivity contribution in [2.24, 2.45) is 7.05 Å². The van der Waals surface area contributed by atoms with Gasteiger partial charge in [0.1, 0.15) is 12.4 Å². The van der Waals surface area contributed by atoms with Gasteiger partial charge in [-0.15, -0.1) is 0 Å². The fourth-order valence-corrected chi connectivity index (χ4v) is 1.97. The smallest absolute Gasteiger partial charge is 0.127 e. The summed E-state index contributed by atoms with van der Waals surface area (Å²) in [5, 5.41) is 13.1. The standard InChI is InChI=1S/C15H20N2O2/c1-11(2)12-4-5-15(19-7-6-18)14(8-12)13-9-16-17(3)10-13/h4-5,8-11,18H,6-7H2,1-3H3. The van der Waals surface area contributed by atoms with Gasteiger partial charge in [0.25, 0.3) is 0 Å². The Morgan fingerprint density at radius 1 is 1.37 bits per heavy atom. The molecule has 0 aliphatic heterocycles. The van der Waals surface area contributed by atoms with Crippen LogP contribution in [0.15, 0.2) is 30.6 Å². The third kappa shape index (κ3) is 3.15. The van der Waals surface area contributed by atoms with Gasteiger partial charge in [-0.1, -0.05) is 19.9 Å². The molecule has 0 spiro atoms. The predicted molar refractivity (Wildman–Crippen MR) is 75.3 cm³/mol. The van der Waals surface area contributed by atoms with Gasteiger partial charge in [0.15, 0.2) is 0 Å². The summed E-state index contributed by atoms with van der Waals surface area (Å²) in [6.45, 7) is 4.64. The van der Waals surface area contributed by atoms with Crippen molar-refractivity contribution in [2.45, 2.75) is 19.8 Å². The first-order valence-electron chi connectivity index (χ1n) is 6.48. The van der Waals surface area contributed by atoms with Crippen LogP contribution in [-0.2, 0) is 7.05 Å². The van der Waals surface area contributed by atoms with E-state index in [9.17, 15) is 0 Å². The fourth-order valence-electron chi connectivity index (χ4n) is 1.97. The first-order valence-corrected chi connectivity index (χ1v) is 6.48. The predicted octanol–water partition coefficient (Wildman–Crippen LogP) is 2.58. The fraction of sp³-hybridized carbons (Fsp3) is 0.400. The molecule has 1 aromatic heterocycles. The van der Waals surface area contributed by atoms with Gasteiger partial charge in [0.2, 0.25) is 0 Å². The maximum atomic E-state index is 8.89. The first kappa shape index (κ1) is 13.6. The minimum absolute atomic E-state index is 0.0123. The lowest BCUT2D eigenvalue weighted by atomic mass is 9.98. The Morgan fingerprint density at radius 2 is 2.16 bits per heavy atom. The molecule has 0 aliphatic carbocycles. The highest BCUT2D eigenvalue weighted by atomic mass is 16.5. The maximum Gasteiger partial charge on any atom is 0.127 e. The number of ether oxygens (including phenoxy) is 1. The van der Waals surface area contributed by atoms with Crippen molar-refractivity contribution in [3.05, 3.63) is 36.2 Å². The van der Waals surface area contributed by atoms with Crippen LogP contribution in [0.1, 0.15) is 25.3 Å². The average Bonchev–Trinajstić information content (AvgIpc) is 2.82. The van der Waals surface area contributed by atoms with Crippen molar-refractivity contribution in [3.63, 3.8) is 0 Å². The summed E-state index contributed by atoms with van der Waals surface area (Å²) in [7, 11) is 1.89. The highest BCUT2D eigenvalue weighted by Crippen LogP contribution is 2.32. The second-order valence-electron chi connectivity index (χ2n) is 4.89. The van der Waals surface area contributed by atoms with Crippen LogP contribution in [0.5, 0.6) is 5.75 Å². The van der Waals surface area contributed by atoms with E-state index in [1.165, 1.54) is 5.56 Å². The number of benzene rings is 1. The molecule has 0 unspecified atom stereocenters. The zero-order valence-electron chi connectivity index (χ0n) is 11.6. The lowest BCUT2D eigenvalue weighted by Crippen LogP contribution is -2.03. The number of aliphatic hydroxyl groups is 1. The molecule has 0 atom stereocenters. The van der Waals surface area contributed by atoms with Crippen molar-refractivity contribution >= 4 is 0 Å². The zero-order valence-corrected chi connectivity index (χ0v) is 11.6. The maximum absolute atomic E-state index is 8.89. The number of nitrogens with zero attached hydrogens (tertiary/aromatic N) is 2. The second kappa shape index (κ2) is 5.89. The molecular weight excluding hydrogens is 240 g/mol. The Balaban J connectivity index is 2.43. The number of rotatable bonds is 5. The Hall–Kier alpha value is -1.81. The van der Waals surface area contributed by atoms with Gasteiger partial charge in [-0.05, 0) is 23.6 Å². The molecule has 4 nitrogen and oxygen atoms in total. The van der Waals surface area contributed by atoms with Crippen LogP contribution < -0.4 is 4.74 Å². The van der Waals surface area contributed by atoms with E-state index >= 15 is 0 Å². The van der Waals surface area contributed by atoms with Crippen LogP contribution in [-0.4, -0.2) is 28.1 Å². The van der Waals surface area contributed by atoms with Crippen molar-refractivity contribution < 1.29 is 9.84 Å². The van der Waals surface area contributed by atoms with Crippen LogP contribution in [0.2, 0.25) is 0 Å². The molecule has 0 saturated carbocycles. The van der Waals surface area contributed by atoms with E-state index in [1.807, 2.05) is 25.5 Å². The molecule has 0 radical (unpaired) electrons. The summed E-state index contributed by atoms with van der Waals surface area (Å²) in [6, 6.07) is 6.17. The van der Waals surface area contributed by atoms with Gasteiger partial charge < -0.3 is 9.84 Å². The van der Waals surface area contributed by atoms with Crippen molar-refractivity contribution in [1.29, 1.82) is 0 Å². The third-order valence-corrected chi connectivity index (χ3v) is 3.04. The molecule has 19 heavy (non-hydrogen) atoms. The molecule has 4 heteroatoms. The summed E-state index contributed by atoms with van der Waals surface area (Å²) in [6.07, 6.45) is 3.79. The van der Waals surface area contributed by atoms with Crippen LogP contribution in [0.25, 0.3) is 11.1 Å². The van der Waals surface area contributed by atoms with E-state index in [0.717, 1.165) is 16.9 Å². The van der Waals surface area contributed by atoms with E-state index in [4.69, 9.17) is 9.84 Å².